The lowest BCUT2D eigenvalue weighted by molar-refractivity contribution is 0.102. The van der Waals surface area contributed by atoms with Crippen LogP contribution in [0.4, 0.5) is 5.69 Å². The third kappa shape index (κ3) is 5.58. The zero-order valence-electron chi connectivity index (χ0n) is 18.7. The van der Waals surface area contributed by atoms with E-state index in [2.05, 4.69) is 24.1 Å². The predicted molar refractivity (Wildman–Crippen MR) is 135 cm³/mol. The molecule has 1 N–H and O–H groups in total. The number of amides is 1. The molecule has 0 saturated carbocycles. The Balaban J connectivity index is 1.41. The number of thiazole rings is 1. The van der Waals surface area contributed by atoms with Crippen LogP contribution in [-0.4, -0.2) is 35.4 Å². The average molecular weight is 468 g/mol. The third-order valence-electron chi connectivity index (χ3n) is 6.29. The van der Waals surface area contributed by atoms with Crippen LogP contribution < -0.4 is 5.32 Å². The largest absolute Gasteiger partial charge is 0.320 e. The third-order valence-corrected chi connectivity index (χ3v) is 7.55. The number of nitrogens with zero attached hydrogens (tertiary/aromatic N) is 2. The van der Waals surface area contributed by atoms with Gasteiger partial charge in [0.05, 0.1) is 5.01 Å². The summed E-state index contributed by atoms with van der Waals surface area (Å²) in [5, 5.41) is 6.72. The Labute approximate surface area is 199 Å². The number of para-hydroxylation sites is 1. The van der Waals surface area contributed by atoms with Crippen molar-refractivity contribution in [2.45, 2.75) is 39.0 Å². The van der Waals surface area contributed by atoms with Crippen molar-refractivity contribution in [2.24, 2.45) is 5.92 Å². The number of aromatic nitrogens is 1. The van der Waals surface area contributed by atoms with Crippen LogP contribution in [0, 0.1) is 5.92 Å². The van der Waals surface area contributed by atoms with Crippen LogP contribution in [0.1, 0.15) is 54.5 Å². The van der Waals surface area contributed by atoms with Crippen LogP contribution in [0.25, 0.3) is 11.1 Å². The maximum Gasteiger partial charge on any atom is 0.275 e. The molecule has 1 saturated heterocycles. The van der Waals surface area contributed by atoms with Gasteiger partial charge in [-0.3, -0.25) is 4.79 Å². The number of hydrogen-bond donors (Lipinski definition) is 1. The second-order valence-corrected chi connectivity index (χ2v) is 9.99. The molecule has 4 rings (SSSR count). The predicted octanol–water partition coefficient (Wildman–Crippen LogP) is 6.94. The van der Waals surface area contributed by atoms with Crippen molar-refractivity contribution in [3.63, 3.8) is 0 Å². The van der Waals surface area contributed by atoms with Crippen molar-refractivity contribution in [1.82, 2.24) is 9.88 Å². The van der Waals surface area contributed by atoms with Gasteiger partial charge in [0.2, 0.25) is 0 Å². The molecule has 1 fully saturated rings. The Hall–Kier alpha value is -2.21. The molecule has 1 atom stereocenters. The Kier molecular flexibility index (Phi) is 7.61. The van der Waals surface area contributed by atoms with Gasteiger partial charge in [-0.15, -0.1) is 11.3 Å². The molecule has 1 unspecified atom stereocenters. The van der Waals surface area contributed by atoms with E-state index < -0.39 is 0 Å². The van der Waals surface area contributed by atoms with Crippen LogP contribution in [0.15, 0.2) is 53.9 Å². The number of benzene rings is 2. The summed E-state index contributed by atoms with van der Waals surface area (Å²) in [4.78, 5) is 20.2. The summed E-state index contributed by atoms with van der Waals surface area (Å²) >= 11 is 7.64. The van der Waals surface area contributed by atoms with E-state index in [1.165, 1.54) is 13.0 Å². The maximum absolute atomic E-state index is 13.0. The second-order valence-electron chi connectivity index (χ2n) is 8.67. The summed E-state index contributed by atoms with van der Waals surface area (Å²) in [6, 6.07) is 15.4. The van der Waals surface area contributed by atoms with E-state index in [-0.39, 0.29) is 5.91 Å². The molecule has 1 aliphatic heterocycles. The number of anilines is 1. The molecule has 0 bridgehead atoms. The van der Waals surface area contributed by atoms with Crippen LogP contribution in [0.3, 0.4) is 0 Å². The topological polar surface area (TPSA) is 45.2 Å². The molecular weight excluding hydrogens is 438 g/mol. The minimum absolute atomic E-state index is 0.164. The van der Waals surface area contributed by atoms with Crippen molar-refractivity contribution in [2.75, 3.05) is 25.0 Å². The number of piperidine rings is 1. The zero-order valence-corrected chi connectivity index (χ0v) is 20.3. The fourth-order valence-electron chi connectivity index (χ4n) is 4.17. The van der Waals surface area contributed by atoms with Gasteiger partial charge in [-0.1, -0.05) is 62.2 Å². The lowest BCUT2D eigenvalue weighted by atomic mass is 9.96. The first-order valence-corrected chi connectivity index (χ1v) is 12.6. The van der Waals surface area contributed by atoms with E-state index in [0.717, 1.165) is 53.7 Å². The first-order valence-electron chi connectivity index (χ1n) is 11.4. The van der Waals surface area contributed by atoms with Crippen molar-refractivity contribution < 1.29 is 4.79 Å². The highest BCUT2D eigenvalue weighted by Crippen LogP contribution is 2.32. The van der Waals surface area contributed by atoms with Gasteiger partial charge in [0.1, 0.15) is 5.69 Å². The monoisotopic (exact) mass is 467 g/mol. The number of hydrogen-bond acceptors (Lipinski definition) is 4. The minimum Gasteiger partial charge on any atom is -0.320 e. The molecule has 6 heteroatoms. The average Bonchev–Trinajstić information content (AvgIpc) is 3.31. The Morgan fingerprint density at radius 1 is 1.19 bits per heavy atom. The number of likely N-dealkylation sites (tertiary alicyclic amines) is 1. The van der Waals surface area contributed by atoms with Crippen molar-refractivity contribution in [3.8, 4) is 11.1 Å². The molecule has 1 aliphatic rings. The van der Waals surface area contributed by atoms with Crippen LogP contribution in [0.5, 0.6) is 0 Å². The second kappa shape index (κ2) is 10.6. The normalized spacial score (nSPS) is 16.1. The number of nitrogens with one attached hydrogen (secondary N) is 1. The van der Waals surface area contributed by atoms with E-state index in [9.17, 15) is 4.79 Å². The maximum atomic E-state index is 13.0. The summed E-state index contributed by atoms with van der Waals surface area (Å²) < 4.78 is 0. The van der Waals surface area contributed by atoms with E-state index in [4.69, 9.17) is 16.6 Å². The quantitative estimate of drug-likeness (QED) is 0.409. The highest BCUT2D eigenvalue weighted by atomic mass is 35.5. The van der Waals surface area contributed by atoms with Gasteiger partial charge >= 0.3 is 0 Å². The van der Waals surface area contributed by atoms with Crippen LogP contribution >= 0.6 is 22.9 Å². The van der Waals surface area contributed by atoms with Gasteiger partial charge in [-0.05, 0) is 55.6 Å². The van der Waals surface area contributed by atoms with Crippen molar-refractivity contribution in [3.05, 3.63) is 69.6 Å². The summed E-state index contributed by atoms with van der Waals surface area (Å²) in [6.45, 7) is 7.99. The van der Waals surface area contributed by atoms with Gasteiger partial charge in [-0.25, -0.2) is 4.98 Å². The molecular formula is C26H30ClN3OS. The smallest absolute Gasteiger partial charge is 0.275 e. The molecule has 0 spiro atoms. The molecule has 0 aliphatic carbocycles. The summed E-state index contributed by atoms with van der Waals surface area (Å²) in [5.41, 5.74) is 3.24. The van der Waals surface area contributed by atoms with Crippen LogP contribution in [0.2, 0.25) is 5.02 Å². The Morgan fingerprint density at radius 3 is 2.62 bits per heavy atom. The van der Waals surface area contributed by atoms with E-state index in [0.29, 0.717) is 16.6 Å². The lowest BCUT2D eigenvalue weighted by Gasteiger charge is -2.32. The minimum atomic E-state index is -0.164. The zero-order chi connectivity index (χ0) is 22.5. The first kappa shape index (κ1) is 23.0. The lowest BCUT2D eigenvalue weighted by Crippen LogP contribution is -2.35. The fourth-order valence-corrected chi connectivity index (χ4v) is 5.27. The van der Waals surface area contributed by atoms with Gasteiger partial charge in [0.15, 0.2) is 0 Å². The molecule has 1 aromatic heterocycles. The van der Waals surface area contributed by atoms with Crippen LogP contribution in [-0.2, 0) is 0 Å². The molecule has 0 radical (unpaired) electrons. The summed E-state index contributed by atoms with van der Waals surface area (Å²) in [5.74, 6) is 1.04. The first-order chi connectivity index (χ1) is 15.5. The van der Waals surface area contributed by atoms with E-state index >= 15 is 0 Å². The number of carbonyl (C=O) groups is 1. The number of carbonyl (C=O) groups excluding carboxylic acids is 1. The van der Waals surface area contributed by atoms with E-state index in [1.54, 1.807) is 11.3 Å². The van der Waals surface area contributed by atoms with Gasteiger partial charge in [0, 0.05) is 34.1 Å². The summed E-state index contributed by atoms with van der Waals surface area (Å²) in [7, 11) is 0. The highest BCUT2D eigenvalue weighted by molar-refractivity contribution is 7.10. The number of rotatable bonds is 7. The van der Waals surface area contributed by atoms with E-state index in [1.807, 2.05) is 53.9 Å². The molecule has 2 aromatic carbocycles. The SMILES string of the molecule is CCC(C)CN1CCC(c2nc(C(=O)Nc3ccccc3-c3ccc(Cl)cc3)cs2)CC1. The Morgan fingerprint density at radius 2 is 1.91 bits per heavy atom. The molecule has 1 amide bonds. The van der Waals surface area contributed by atoms with Crippen molar-refractivity contribution in [1.29, 1.82) is 0 Å². The molecule has 32 heavy (non-hydrogen) atoms. The molecule has 2 heterocycles. The Bertz CT molecular complexity index is 1040. The molecule has 3 aromatic rings. The molecule has 4 nitrogen and oxygen atoms in total. The highest BCUT2D eigenvalue weighted by Gasteiger charge is 2.24. The number of halogens is 1. The molecule has 168 valence electrons. The van der Waals surface area contributed by atoms with Crippen molar-refractivity contribution >= 4 is 34.5 Å². The standard InChI is InChI=1S/C26H30ClN3OS/c1-3-18(2)16-30-14-12-20(13-15-30)26-29-24(17-32-26)25(31)28-23-7-5-4-6-22(23)19-8-10-21(27)11-9-19/h4-11,17-18,20H,3,12-16H2,1-2H3,(H,28,31). The van der Waals surface area contributed by atoms with Gasteiger partial charge < -0.3 is 10.2 Å². The van der Waals surface area contributed by atoms with Gasteiger partial charge in [-0.2, -0.15) is 0 Å². The fraction of sp³-hybridized carbons (Fsp3) is 0.385. The van der Waals surface area contributed by atoms with Gasteiger partial charge in [0.25, 0.3) is 5.91 Å². The summed E-state index contributed by atoms with van der Waals surface area (Å²) in [6.07, 6.45) is 3.46.